The molecule has 2 unspecified atom stereocenters. The summed E-state index contributed by atoms with van der Waals surface area (Å²) in [7, 11) is 0.604. The molecule has 4 rings (SSSR count). The van der Waals surface area contributed by atoms with Crippen molar-refractivity contribution in [2.24, 2.45) is 4.99 Å². The summed E-state index contributed by atoms with van der Waals surface area (Å²) in [5.74, 6) is 1.05. The summed E-state index contributed by atoms with van der Waals surface area (Å²) in [5.41, 5.74) is 8.55. The van der Waals surface area contributed by atoms with Gasteiger partial charge in [0.15, 0.2) is 0 Å². The van der Waals surface area contributed by atoms with E-state index in [0.717, 1.165) is 30.7 Å². The first-order valence-electron chi connectivity index (χ1n) is 13.7. The normalized spacial score (nSPS) is 13.3. The van der Waals surface area contributed by atoms with Crippen LogP contribution in [0.4, 0.5) is 5.69 Å². The number of aryl methyl sites for hydroxylation is 3. The van der Waals surface area contributed by atoms with Gasteiger partial charge in [-0.3, -0.25) is 4.99 Å². The molecule has 0 N–H and O–H groups in total. The van der Waals surface area contributed by atoms with Gasteiger partial charge in [0.2, 0.25) is 0 Å². The first-order chi connectivity index (χ1) is 18.5. The second-order valence-corrected chi connectivity index (χ2v) is 11.9. The van der Waals surface area contributed by atoms with Crippen LogP contribution in [0.5, 0.6) is 5.75 Å². The Morgan fingerprint density at radius 2 is 1.53 bits per heavy atom. The van der Waals surface area contributed by atoms with Crippen LogP contribution in [0, 0.1) is 20.8 Å². The largest absolute Gasteiger partial charge is 0.488 e. The first kappa shape index (κ1) is 27.8. The van der Waals surface area contributed by atoms with E-state index in [0.29, 0.717) is 15.2 Å². The molecule has 0 heterocycles. The summed E-state index contributed by atoms with van der Waals surface area (Å²) in [4.78, 5) is 4.82. The molecule has 0 saturated carbocycles. The number of para-hydroxylation sites is 1. The van der Waals surface area contributed by atoms with Crippen molar-refractivity contribution in [3.05, 3.63) is 124 Å². The second kappa shape index (κ2) is 13.0. The SMILES string of the molecule is CCCC(CC)(Pc1c(C)cccc1/C=N/c1ccccc1)c1cc(C)cc(C)c1OCc1ccccc1. The fourth-order valence-electron chi connectivity index (χ4n) is 5.24. The highest BCUT2D eigenvalue weighted by Gasteiger charge is 2.35. The van der Waals surface area contributed by atoms with Gasteiger partial charge in [-0.1, -0.05) is 113 Å². The molecule has 196 valence electrons. The van der Waals surface area contributed by atoms with Gasteiger partial charge in [-0.2, -0.15) is 0 Å². The zero-order valence-electron chi connectivity index (χ0n) is 23.4. The van der Waals surface area contributed by atoms with Crippen LogP contribution in [0.25, 0.3) is 0 Å². The predicted octanol–water partition coefficient (Wildman–Crippen LogP) is 9.35. The lowest BCUT2D eigenvalue weighted by Gasteiger charge is -2.37. The average molecular weight is 522 g/mol. The average Bonchev–Trinajstić information content (AvgIpc) is 2.93. The van der Waals surface area contributed by atoms with Crippen molar-refractivity contribution in [3.8, 4) is 5.75 Å². The minimum atomic E-state index is -0.0149. The van der Waals surface area contributed by atoms with Crippen molar-refractivity contribution >= 4 is 25.8 Å². The molecule has 0 saturated heterocycles. The summed E-state index contributed by atoms with van der Waals surface area (Å²) in [5, 5.41) is 1.38. The summed E-state index contributed by atoms with van der Waals surface area (Å²) in [6.07, 6.45) is 5.32. The second-order valence-electron chi connectivity index (χ2n) is 10.2. The molecule has 2 atom stereocenters. The molecule has 0 aliphatic carbocycles. The van der Waals surface area contributed by atoms with Crippen LogP contribution >= 0.6 is 8.58 Å². The van der Waals surface area contributed by atoms with Crippen molar-refractivity contribution in [2.45, 2.75) is 65.6 Å². The topological polar surface area (TPSA) is 21.6 Å². The van der Waals surface area contributed by atoms with E-state index in [9.17, 15) is 0 Å². The maximum Gasteiger partial charge on any atom is 0.126 e. The van der Waals surface area contributed by atoms with Crippen molar-refractivity contribution in [3.63, 3.8) is 0 Å². The van der Waals surface area contributed by atoms with E-state index in [2.05, 4.69) is 95.3 Å². The molecular formula is C35H40NOP. The molecule has 0 fully saturated rings. The zero-order valence-corrected chi connectivity index (χ0v) is 24.4. The number of nitrogens with zero attached hydrogens (tertiary/aromatic N) is 1. The van der Waals surface area contributed by atoms with Gasteiger partial charge < -0.3 is 4.74 Å². The van der Waals surface area contributed by atoms with Crippen LogP contribution in [-0.2, 0) is 11.8 Å². The molecule has 0 bridgehead atoms. The third-order valence-corrected chi connectivity index (χ3v) is 9.50. The van der Waals surface area contributed by atoms with E-state index in [1.165, 1.54) is 38.7 Å². The molecule has 2 nitrogen and oxygen atoms in total. The molecule has 38 heavy (non-hydrogen) atoms. The standard InChI is InChI=1S/C35H40NOP/c1-6-21-35(7-2,32-23-26(3)22-28(5)33(32)37-25-29-16-10-8-11-17-29)38-34-27(4)15-14-18-30(34)24-36-31-19-12-9-13-20-31/h8-20,22-24,38H,6-7,21,25H2,1-5H3/b36-24+. The molecule has 0 amide bonds. The number of hydrogen-bond donors (Lipinski definition) is 0. The van der Waals surface area contributed by atoms with E-state index >= 15 is 0 Å². The van der Waals surface area contributed by atoms with Crippen molar-refractivity contribution < 1.29 is 4.74 Å². The molecule has 0 radical (unpaired) electrons. The molecular weight excluding hydrogens is 481 g/mol. The van der Waals surface area contributed by atoms with Crippen LogP contribution < -0.4 is 10.0 Å². The number of rotatable bonds is 11. The number of benzene rings is 4. The molecule has 0 aromatic heterocycles. The summed E-state index contributed by atoms with van der Waals surface area (Å²) in [6.45, 7) is 11.9. The summed E-state index contributed by atoms with van der Waals surface area (Å²) in [6, 6.07) is 31.9. The van der Waals surface area contributed by atoms with Gasteiger partial charge in [0.05, 0.1) is 5.69 Å². The Kier molecular flexibility index (Phi) is 9.53. The van der Waals surface area contributed by atoms with E-state index in [4.69, 9.17) is 9.73 Å². The van der Waals surface area contributed by atoms with Gasteiger partial charge in [-0.05, 0) is 67.7 Å². The molecule has 4 aromatic rings. The highest BCUT2D eigenvalue weighted by Crippen LogP contribution is 2.52. The Labute approximate surface area is 231 Å². The fourth-order valence-corrected chi connectivity index (χ4v) is 7.17. The first-order valence-corrected chi connectivity index (χ1v) is 14.7. The van der Waals surface area contributed by atoms with Crippen LogP contribution in [0.3, 0.4) is 0 Å². The van der Waals surface area contributed by atoms with Gasteiger partial charge in [0.1, 0.15) is 12.4 Å². The van der Waals surface area contributed by atoms with Crippen LogP contribution in [0.1, 0.15) is 66.5 Å². The molecule has 0 aliphatic rings. The van der Waals surface area contributed by atoms with Gasteiger partial charge in [0.25, 0.3) is 0 Å². The maximum atomic E-state index is 6.64. The van der Waals surface area contributed by atoms with Crippen LogP contribution in [0.2, 0.25) is 0 Å². The van der Waals surface area contributed by atoms with Gasteiger partial charge >= 0.3 is 0 Å². The third-order valence-electron chi connectivity index (χ3n) is 7.22. The Bertz CT molecular complexity index is 1360. The maximum absolute atomic E-state index is 6.64. The lowest BCUT2D eigenvalue weighted by Crippen LogP contribution is -2.26. The van der Waals surface area contributed by atoms with E-state index in [1.54, 1.807) is 0 Å². The zero-order chi connectivity index (χ0) is 27.0. The Hall–Kier alpha value is -3.22. The molecule has 0 aliphatic heterocycles. The minimum Gasteiger partial charge on any atom is -0.488 e. The van der Waals surface area contributed by atoms with Crippen LogP contribution in [-0.4, -0.2) is 6.21 Å². The van der Waals surface area contributed by atoms with E-state index in [1.807, 2.05) is 36.5 Å². The molecule has 0 spiro atoms. The smallest absolute Gasteiger partial charge is 0.126 e. The Balaban J connectivity index is 1.78. The highest BCUT2D eigenvalue weighted by atomic mass is 31.1. The lowest BCUT2D eigenvalue weighted by molar-refractivity contribution is 0.295. The quantitative estimate of drug-likeness (QED) is 0.142. The van der Waals surface area contributed by atoms with E-state index < -0.39 is 0 Å². The monoisotopic (exact) mass is 521 g/mol. The Morgan fingerprint density at radius 1 is 0.816 bits per heavy atom. The van der Waals surface area contributed by atoms with Crippen molar-refractivity contribution in [2.75, 3.05) is 0 Å². The lowest BCUT2D eigenvalue weighted by atomic mass is 9.87. The molecule has 4 aromatic carbocycles. The Morgan fingerprint density at radius 3 is 2.21 bits per heavy atom. The third kappa shape index (κ3) is 6.61. The fraction of sp³-hybridized carbons (Fsp3) is 0.286. The highest BCUT2D eigenvalue weighted by molar-refractivity contribution is 7.49. The molecule has 3 heteroatoms. The van der Waals surface area contributed by atoms with Gasteiger partial charge in [-0.25, -0.2) is 0 Å². The number of aliphatic imine (C=N–C) groups is 1. The summed E-state index contributed by atoms with van der Waals surface area (Å²) >= 11 is 0. The van der Waals surface area contributed by atoms with Gasteiger partial charge in [0, 0.05) is 22.5 Å². The van der Waals surface area contributed by atoms with Gasteiger partial charge in [-0.15, -0.1) is 0 Å². The predicted molar refractivity (Wildman–Crippen MR) is 166 cm³/mol. The van der Waals surface area contributed by atoms with Crippen molar-refractivity contribution in [1.82, 2.24) is 0 Å². The van der Waals surface area contributed by atoms with Crippen LogP contribution in [0.15, 0.2) is 96.0 Å². The van der Waals surface area contributed by atoms with Crippen molar-refractivity contribution in [1.29, 1.82) is 0 Å². The minimum absolute atomic E-state index is 0.0149. The van der Waals surface area contributed by atoms with E-state index in [-0.39, 0.29) is 5.16 Å². The summed E-state index contributed by atoms with van der Waals surface area (Å²) < 4.78 is 6.64. The number of hydrogen-bond acceptors (Lipinski definition) is 2. The number of ether oxygens (including phenoxy) is 1.